The Kier molecular flexibility index (Phi) is 4.91. The van der Waals surface area contributed by atoms with Gasteiger partial charge >= 0.3 is 6.09 Å². The van der Waals surface area contributed by atoms with Crippen LogP contribution in [-0.4, -0.2) is 29.4 Å². The van der Waals surface area contributed by atoms with E-state index in [0.717, 1.165) is 0 Å². The highest BCUT2D eigenvalue weighted by atomic mass is 35.5. The molecule has 0 saturated heterocycles. The molecule has 0 spiro atoms. The molecule has 0 aliphatic rings. The number of rotatable bonds is 3. The number of carbonyl (C=O) groups excluding carboxylic acids is 2. The molecule has 0 aliphatic heterocycles. The first-order chi connectivity index (χ1) is 6.26. The molecule has 0 aliphatic carbocycles. The van der Waals surface area contributed by atoms with Crippen LogP contribution in [0.4, 0.5) is 4.79 Å². The maximum Gasteiger partial charge on any atom is 0.408 e. The Labute approximate surface area is 88.9 Å². The molecule has 0 radical (unpaired) electrons. The largest absolute Gasteiger partial charge is 0.438 e. The molecule has 0 aromatic rings. The monoisotopic (exact) mass is 221 g/mol. The summed E-state index contributed by atoms with van der Waals surface area (Å²) in [6, 6.07) is 0. The van der Waals surface area contributed by atoms with Gasteiger partial charge in [0.25, 0.3) is 0 Å². The molecule has 0 rings (SSSR count). The van der Waals surface area contributed by atoms with Gasteiger partial charge in [0.2, 0.25) is 0 Å². The van der Waals surface area contributed by atoms with E-state index in [0.29, 0.717) is 0 Å². The number of hydrogen-bond donors (Lipinski definition) is 1. The maximum absolute atomic E-state index is 11.2. The van der Waals surface area contributed by atoms with Gasteiger partial charge in [-0.25, -0.2) is 4.79 Å². The molecule has 0 aromatic carbocycles. The zero-order chi connectivity index (χ0) is 11.4. The van der Waals surface area contributed by atoms with Gasteiger partial charge in [0.05, 0.1) is 5.88 Å². The molecule has 0 unspecified atom stereocenters. The fourth-order valence-corrected chi connectivity index (χ4v) is 0.888. The number of Topliss-reactive ketones (excluding diaryl/α,β-unsaturated/α-hetero) is 1. The van der Waals surface area contributed by atoms with Crippen molar-refractivity contribution in [1.29, 1.82) is 0 Å². The second kappa shape index (κ2) is 5.20. The highest BCUT2D eigenvalue weighted by molar-refractivity contribution is 6.28. The first-order valence-electron chi connectivity index (χ1n) is 4.33. The van der Waals surface area contributed by atoms with Gasteiger partial charge in [0.15, 0.2) is 11.9 Å². The van der Waals surface area contributed by atoms with Crippen molar-refractivity contribution in [3.05, 3.63) is 0 Å². The average molecular weight is 222 g/mol. The summed E-state index contributed by atoms with van der Waals surface area (Å²) in [5, 5.41) is 2.57. The van der Waals surface area contributed by atoms with Crippen molar-refractivity contribution in [1.82, 2.24) is 5.32 Å². The van der Waals surface area contributed by atoms with E-state index in [4.69, 9.17) is 16.3 Å². The summed E-state index contributed by atoms with van der Waals surface area (Å²) in [7, 11) is 0. The standard InChI is InChI=1S/C9H16ClNO3/c1-6(7(12)5-10)14-8(13)11-9(2,3)4/h6H,5H2,1-4H3,(H,11,13)/t6-/m1/s1. The Morgan fingerprint density at radius 3 is 2.29 bits per heavy atom. The summed E-state index contributed by atoms with van der Waals surface area (Å²) in [5.41, 5.74) is -0.374. The molecule has 5 heteroatoms. The van der Waals surface area contributed by atoms with Crippen LogP contribution >= 0.6 is 11.6 Å². The van der Waals surface area contributed by atoms with Crippen molar-refractivity contribution >= 4 is 23.5 Å². The molecule has 0 saturated carbocycles. The van der Waals surface area contributed by atoms with Crippen molar-refractivity contribution in [2.75, 3.05) is 5.88 Å². The number of alkyl carbamates (subject to hydrolysis) is 1. The van der Waals surface area contributed by atoms with Gasteiger partial charge in [-0.15, -0.1) is 11.6 Å². The van der Waals surface area contributed by atoms with Crippen LogP contribution in [0.2, 0.25) is 0 Å². The molecule has 14 heavy (non-hydrogen) atoms. The first kappa shape index (κ1) is 13.2. The minimum Gasteiger partial charge on any atom is -0.438 e. The number of alkyl halides is 1. The minimum absolute atomic E-state index is 0.149. The summed E-state index contributed by atoms with van der Waals surface area (Å²) in [6.45, 7) is 6.96. The lowest BCUT2D eigenvalue weighted by Gasteiger charge is -2.21. The predicted molar refractivity (Wildman–Crippen MR) is 54.6 cm³/mol. The summed E-state index contributed by atoms with van der Waals surface area (Å²) in [4.78, 5) is 22.1. The van der Waals surface area contributed by atoms with Crippen molar-refractivity contribution in [3.63, 3.8) is 0 Å². The number of ketones is 1. The van der Waals surface area contributed by atoms with Gasteiger partial charge in [-0.2, -0.15) is 0 Å². The fourth-order valence-electron chi connectivity index (χ4n) is 0.671. The second-order valence-electron chi connectivity index (χ2n) is 4.02. The zero-order valence-electron chi connectivity index (χ0n) is 8.89. The van der Waals surface area contributed by atoms with Crippen LogP contribution in [0.15, 0.2) is 0 Å². The molecule has 0 heterocycles. The van der Waals surface area contributed by atoms with Crippen molar-refractivity contribution < 1.29 is 14.3 Å². The van der Waals surface area contributed by atoms with E-state index in [1.165, 1.54) is 6.92 Å². The van der Waals surface area contributed by atoms with Crippen LogP contribution in [-0.2, 0) is 9.53 Å². The molecule has 0 aromatic heterocycles. The molecular weight excluding hydrogens is 206 g/mol. The van der Waals surface area contributed by atoms with Gasteiger partial charge in [-0.3, -0.25) is 4.79 Å². The highest BCUT2D eigenvalue weighted by Crippen LogP contribution is 2.01. The lowest BCUT2D eigenvalue weighted by atomic mass is 10.1. The first-order valence-corrected chi connectivity index (χ1v) is 4.87. The third-order valence-corrected chi connectivity index (χ3v) is 1.61. The van der Waals surface area contributed by atoms with Crippen LogP contribution < -0.4 is 5.32 Å². The lowest BCUT2D eigenvalue weighted by molar-refractivity contribution is -0.124. The molecule has 0 fully saturated rings. The number of ether oxygens (including phenoxy) is 1. The van der Waals surface area contributed by atoms with E-state index >= 15 is 0 Å². The Bertz CT molecular complexity index is 223. The van der Waals surface area contributed by atoms with Gasteiger partial charge < -0.3 is 10.1 Å². The predicted octanol–water partition coefficient (Wildman–Crippen LogP) is 1.71. The zero-order valence-corrected chi connectivity index (χ0v) is 9.64. The Balaban J connectivity index is 4.01. The van der Waals surface area contributed by atoms with E-state index < -0.39 is 12.2 Å². The maximum atomic E-state index is 11.2. The van der Waals surface area contributed by atoms with Crippen molar-refractivity contribution in [2.24, 2.45) is 0 Å². The summed E-state index contributed by atoms with van der Waals surface area (Å²) >= 11 is 5.30. The average Bonchev–Trinajstić information content (AvgIpc) is 1.99. The SMILES string of the molecule is C[C@@H](OC(=O)NC(C)(C)C)C(=O)CCl. The lowest BCUT2D eigenvalue weighted by Crippen LogP contribution is -2.43. The molecule has 1 amide bonds. The topological polar surface area (TPSA) is 55.4 Å². The molecule has 1 atom stereocenters. The highest BCUT2D eigenvalue weighted by Gasteiger charge is 2.20. The fraction of sp³-hybridized carbons (Fsp3) is 0.778. The van der Waals surface area contributed by atoms with Crippen molar-refractivity contribution in [2.45, 2.75) is 39.3 Å². The normalized spacial score (nSPS) is 13.2. The Morgan fingerprint density at radius 2 is 1.93 bits per heavy atom. The third kappa shape index (κ3) is 5.80. The van der Waals surface area contributed by atoms with Crippen LogP contribution in [0.3, 0.4) is 0 Å². The van der Waals surface area contributed by atoms with Crippen LogP contribution in [0.5, 0.6) is 0 Å². The molecule has 4 nitrogen and oxygen atoms in total. The molecule has 1 N–H and O–H groups in total. The number of halogens is 1. The van der Waals surface area contributed by atoms with E-state index in [2.05, 4.69) is 5.32 Å². The smallest absolute Gasteiger partial charge is 0.408 e. The third-order valence-electron chi connectivity index (χ3n) is 1.35. The van der Waals surface area contributed by atoms with Gasteiger partial charge in [0, 0.05) is 5.54 Å². The quantitative estimate of drug-likeness (QED) is 0.739. The van der Waals surface area contributed by atoms with E-state index in [1.807, 2.05) is 20.8 Å². The number of nitrogens with one attached hydrogen (secondary N) is 1. The van der Waals surface area contributed by atoms with E-state index in [-0.39, 0.29) is 17.2 Å². The van der Waals surface area contributed by atoms with Gasteiger partial charge in [-0.1, -0.05) is 0 Å². The summed E-state index contributed by atoms with van der Waals surface area (Å²) in [5.74, 6) is -0.458. The van der Waals surface area contributed by atoms with Crippen LogP contribution in [0, 0.1) is 0 Å². The molecular formula is C9H16ClNO3. The molecule has 82 valence electrons. The van der Waals surface area contributed by atoms with E-state index in [9.17, 15) is 9.59 Å². The van der Waals surface area contributed by atoms with Crippen LogP contribution in [0.25, 0.3) is 0 Å². The number of carbonyl (C=O) groups is 2. The summed E-state index contributed by atoms with van der Waals surface area (Å²) in [6.07, 6.45) is -1.40. The van der Waals surface area contributed by atoms with E-state index in [1.54, 1.807) is 0 Å². The molecule has 0 bridgehead atoms. The number of hydrogen-bond acceptors (Lipinski definition) is 3. The minimum atomic E-state index is -0.796. The number of amides is 1. The second-order valence-corrected chi connectivity index (χ2v) is 4.29. The summed E-state index contributed by atoms with van der Waals surface area (Å²) < 4.78 is 4.80. The van der Waals surface area contributed by atoms with Gasteiger partial charge in [-0.05, 0) is 27.7 Å². The Hall–Kier alpha value is -0.770. The van der Waals surface area contributed by atoms with Crippen molar-refractivity contribution in [3.8, 4) is 0 Å². The van der Waals surface area contributed by atoms with Gasteiger partial charge in [0.1, 0.15) is 0 Å². The Morgan fingerprint density at radius 1 is 1.43 bits per heavy atom. The van der Waals surface area contributed by atoms with Crippen LogP contribution in [0.1, 0.15) is 27.7 Å².